The number of rotatable bonds is 8. The van der Waals surface area contributed by atoms with Crippen LogP contribution in [-0.4, -0.2) is 51.2 Å². The smallest absolute Gasteiger partial charge is 0.305 e. The molecule has 29 heavy (non-hydrogen) atoms. The van der Waals surface area contributed by atoms with Gasteiger partial charge < -0.3 is 14.6 Å². The van der Waals surface area contributed by atoms with Gasteiger partial charge in [-0.2, -0.15) is 0 Å². The summed E-state index contributed by atoms with van der Waals surface area (Å²) in [4.78, 5) is 11.5. The quantitative estimate of drug-likeness (QED) is 0.678. The van der Waals surface area contributed by atoms with Crippen molar-refractivity contribution in [2.75, 3.05) is 26.2 Å². The number of methoxy groups -OCH3 is 1. The molecule has 0 atom stereocenters. The minimum Gasteiger partial charge on any atom is -0.495 e. The monoisotopic (exact) mass is 419 g/mol. The Bertz CT molecular complexity index is 952. The Balaban J connectivity index is 1.96. The number of nitrogens with one attached hydrogen (secondary N) is 1. The number of carboxylic acid groups (broad SMARTS) is 1. The number of hydrogen-bond acceptors (Lipinski definition) is 6. The first-order valence-corrected chi connectivity index (χ1v) is 11.0. The van der Waals surface area contributed by atoms with Gasteiger partial charge in [0.15, 0.2) is 9.84 Å². The molecular formula is C21H25NO6S. The molecule has 2 aromatic carbocycles. The first-order valence-electron chi connectivity index (χ1n) is 9.37. The van der Waals surface area contributed by atoms with E-state index in [1.54, 1.807) is 18.2 Å². The zero-order valence-corrected chi connectivity index (χ0v) is 17.1. The van der Waals surface area contributed by atoms with Gasteiger partial charge in [0, 0.05) is 24.3 Å². The highest BCUT2D eigenvalue weighted by Gasteiger charge is 2.36. The lowest BCUT2D eigenvalue weighted by Gasteiger charge is -2.37. The molecule has 7 nitrogen and oxygen atoms in total. The second kappa shape index (κ2) is 8.94. The van der Waals surface area contributed by atoms with Crippen molar-refractivity contribution in [3.05, 3.63) is 48.5 Å². The van der Waals surface area contributed by atoms with Crippen molar-refractivity contribution in [3.8, 4) is 16.9 Å². The molecule has 2 N–H and O–H groups in total. The number of hydrogen-bond donors (Lipinski definition) is 2. The second-order valence-electron chi connectivity index (χ2n) is 7.10. The Morgan fingerprint density at radius 1 is 1.14 bits per heavy atom. The van der Waals surface area contributed by atoms with Gasteiger partial charge in [-0.25, -0.2) is 8.42 Å². The van der Waals surface area contributed by atoms with E-state index in [-0.39, 0.29) is 22.9 Å². The Kier molecular flexibility index (Phi) is 6.56. The molecule has 0 aliphatic carbocycles. The van der Waals surface area contributed by atoms with Crippen molar-refractivity contribution in [1.29, 1.82) is 0 Å². The normalized spacial score (nSPS) is 16.3. The van der Waals surface area contributed by atoms with Crippen LogP contribution in [0.15, 0.2) is 53.4 Å². The lowest BCUT2D eigenvalue weighted by atomic mass is 9.87. The fraction of sp³-hybridized carbons (Fsp3) is 0.381. The molecule has 0 bridgehead atoms. The highest BCUT2D eigenvalue weighted by atomic mass is 32.2. The molecule has 0 unspecified atom stereocenters. The lowest BCUT2D eigenvalue weighted by Crippen LogP contribution is -2.52. The molecule has 1 saturated heterocycles. The van der Waals surface area contributed by atoms with Gasteiger partial charge in [0.05, 0.1) is 13.5 Å². The SMILES string of the molecule is COc1cccc(-c2ccccc2)c1S(=O)(=O)CNC1(CC(=O)O)CCOCC1. The average Bonchev–Trinajstić information content (AvgIpc) is 2.73. The minimum atomic E-state index is -3.82. The van der Waals surface area contributed by atoms with Gasteiger partial charge >= 0.3 is 5.97 Å². The van der Waals surface area contributed by atoms with E-state index in [0.717, 1.165) is 5.56 Å². The lowest BCUT2D eigenvalue weighted by molar-refractivity contribution is -0.139. The number of carboxylic acids is 1. The van der Waals surface area contributed by atoms with Crippen molar-refractivity contribution in [2.45, 2.75) is 29.7 Å². The number of sulfone groups is 1. The second-order valence-corrected chi connectivity index (χ2v) is 9.03. The van der Waals surface area contributed by atoms with Gasteiger partial charge in [-0.15, -0.1) is 0 Å². The summed E-state index contributed by atoms with van der Waals surface area (Å²) in [6.45, 7) is 0.786. The molecule has 1 aliphatic heterocycles. The van der Waals surface area contributed by atoms with Crippen LogP contribution >= 0.6 is 0 Å². The van der Waals surface area contributed by atoms with Crippen LogP contribution in [0.2, 0.25) is 0 Å². The van der Waals surface area contributed by atoms with Crippen LogP contribution in [0.25, 0.3) is 11.1 Å². The molecular weight excluding hydrogens is 394 g/mol. The summed E-state index contributed by atoms with van der Waals surface area (Å²) >= 11 is 0. The number of aliphatic carboxylic acids is 1. The number of carbonyl (C=O) groups is 1. The molecule has 1 heterocycles. The molecule has 8 heteroatoms. The van der Waals surface area contributed by atoms with Crippen LogP contribution in [0.4, 0.5) is 0 Å². The fourth-order valence-corrected chi connectivity index (χ4v) is 5.25. The summed E-state index contributed by atoms with van der Waals surface area (Å²) in [5.41, 5.74) is 0.494. The summed E-state index contributed by atoms with van der Waals surface area (Å²) in [5, 5.41) is 12.3. The van der Waals surface area contributed by atoms with E-state index in [1.165, 1.54) is 7.11 Å². The third kappa shape index (κ3) is 4.95. The van der Waals surface area contributed by atoms with Crippen molar-refractivity contribution in [2.24, 2.45) is 0 Å². The maximum Gasteiger partial charge on any atom is 0.305 e. The molecule has 1 aliphatic rings. The molecule has 0 aromatic heterocycles. The molecule has 0 saturated carbocycles. The van der Waals surface area contributed by atoms with E-state index in [0.29, 0.717) is 31.6 Å². The fourth-order valence-electron chi connectivity index (χ4n) is 3.63. The van der Waals surface area contributed by atoms with Crippen LogP contribution in [-0.2, 0) is 19.4 Å². The zero-order valence-electron chi connectivity index (χ0n) is 16.3. The van der Waals surface area contributed by atoms with E-state index >= 15 is 0 Å². The van der Waals surface area contributed by atoms with Crippen LogP contribution < -0.4 is 10.1 Å². The van der Waals surface area contributed by atoms with Gasteiger partial charge in [-0.05, 0) is 24.5 Å². The molecule has 3 rings (SSSR count). The Hall–Kier alpha value is -2.42. The minimum absolute atomic E-state index is 0.0961. The van der Waals surface area contributed by atoms with Crippen molar-refractivity contribution >= 4 is 15.8 Å². The van der Waals surface area contributed by atoms with Gasteiger partial charge in [0.1, 0.15) is 16.5 Å². The Morgan fingerprint density at radius 2 is 1.83 bits per heavy atom. The van der Waals surface area contributed by atoms with Gasteiger partial charge in [-0.1, -0.05) is 42.5 Å². The third-order valence-corrected chi connectivity index (χ3v) is 6.74. The Labute approximate surface area is 170 Å². The Morgan fingerprint density at radius 3 is 2.45 bits per heavy atom. The molecule has 0 amide bonds. The molecule has 0 radical (unpaired) electrons. The predicted molar refractivity (Wildman–Crippen MR) is 109 cm³/mol. The molecule has 2 aromatic rings. The average molecular weight is 419 g/mol. The van der Waals surface area contributed by atoms with Crippen molar-refractivity contribution in [1.82, 2.24) is 5.32 Å². The summed E-state index contributed by atoms with van der Waals surface area (Å²) in [7, 11) is -2.39. The summed E-state index contributed by atoms with van der Waals surface area (Å²) < 4.78 is 37.4. The van der Waals surface area contributed by atoms with Gasteiger partial charge in [0.25, 0.3) is 0 Å². The topological polar surface area (TPSA) is 102 Å². The summed E-state index contributed by atoms with van der Waals surface area (Å²) in [6, 6.07) is 14.3. The predicted octanol–water partition coefficient (Wildman–Crippen LogP) is 2.71. The molecule has 0 spiro atoms. The highest BCUT2D eigenvalue weighted by molar-refractivity contribution is 7.91. The van der Waals surface area contributed by atoms with Crippen LogP contribution in [0.3, 0.4) is 0 Å². The van der Waals surface area contributed by atoms with Crippen molar-refractivity contribution in [3.63, 3.8) is 0 Å². The first-order chi connectivity index (χ1) is 13.9. The maximum atomic E-state index is 13.4. The van der Waals surface area contributed by atoms with E-state index < -0.39 is 21.3 Å². The summed E-state index contributed by atoms with van der Waals surface area (Å²) in [6.07, 6.45) is 0.710. The van der Waals surface area contributed by atoms with Crippen LogP contribution in [0.5, 0.6) is 5.75 Å². The number of benzene rings is 2. The van der Waals surface area contributed by atoms with Gasteiger partial charge in [-0.3, -0.25) is 10.1 Å². The largest absolute Gasteiger partial charge is 0.495 e. The van der Waals surface area contributed by atoms with E-state index in [2.05, 4.69) is 5.32 Å². The van der Waals surface area contributed by atoms with Crippen LogP contribution in [0.1, 0.15) is 19.3 Å². The standard InChI is InChI=1S/C21H25NO6S/c1-27-18-9-5-8-17(16-6-3-2-4-7-16)20(18)29(25,26)15-22-21(14-19(23)24)10-12-28-13-11-21/h2-9,22H,10-15H2,1H3,(H,23,24). The van der Waals surface area contributed by atoms with Gasteiger partial charge in [0.2, 0.25) is 0 Å². The third-order valence-electron chi connectivity index (χ3n) is 5.17. The molecule has 156 valence electrons. The molecule has 1 fully saturated rings. The van der Waals surface area contributed by atoms with E-state index in [9.17, 15) is 18.3 Å². The zero-order chi connectivity index (χ0) is 20.9. The van der Waals surface area contributed by atoms with Crippen LogP contribution in [0, 0.1) is 0 Å². The highest BCUT2D eigenvalue weighted by Crippen LogP contribution is 2.35. The number of ether oxygens (including phenoxy) is 2. The van der Waals surface area contributed by atoms with Crippen molar-refractivity contribution < 1.29 is 27.8 Å². The van der Waals surface area contributed by atoms with E-state index in [4.69, 9.17) is 9.47 Å². The maximum absolute atomic E-state index is 13.4. The first kappa shape index (κ1) is 21.3. The van der Waals surface area contributed by atoms with E-state index in [1.807, 2.05) is 30.3 Å². The summed E-state index contributed by atoms with van der Waals surface area (Å²) in [5.74, 6) is -1.10.